The summed E-state index contributed by atoms with van der Waals surface area (Å²) in [7, 11) is 5.34. The molecule has 0 bridgehead atoms. The van der Waals surface area contributed by atoms with E-state index >= 15 is 0 Å². The smallest absolute Gasteiger partial charge is 0.249 e. The van der Waals surface area contributed by atoms with Gasteiger partial charge in [-0.2, -0.15) is 0 Å². The summed E-state index contributed by atoms with van der Waals surface area (Å²) < 4.78 is 18.8. The van der Waals surface area contributed by atoms with Crippen LogP contribution in [0.5, 0.6) is 0 Å². The Morgan fingerprint density at radius 1 is 1.09 bits per heavy atom. The molecule has 1 aliphatic rings. The molecule has 0 spiro atoms. The zero-order valence-corrected chi connectivity index (χ0v) is 19.1. The van der Waals surface area contributed by atoms with E-state index in [-0.39, 0.29) is 36.7 Å². The molecule has 1 fully saturated rings. The lowest BCUT2D eigenvalue weighted by atomic mass is 10.1. The van der Waals surface area contributed by atoms with E-state index in [0.29, 0.717) is 17.8 Å². The van der Waals surface area contributed by atoms with Crippen LogP contribution in [0.4, 0.5) is 15.8 Å². The Hall–Kier alpha value is -2.93. The molecule has 32 heavy (non-hydrogen) atoms. The van der Waals surface area contributed by atoms with Gasteiger partial charge in [-0.25, -0.2) is 4.39 Å². The summed E-state index contributed by atoms with van der Waals surface area (Å²) >= 11 is 0. The van der Waals surface area contributed by atoms with Gasteiger partial charge in [-0.15, -0.1) is 0 Å². The molecule has 0 saturated heterocycles. The Morgan fingerprint density at radius 2 is 1.84 bits per heavy atom. The van der Waals surface area contributed by atoms with E-state index in [1.54, 1.807) is 17.0 Å². The fourth-order valence-electron chi connectivity index (χ4n) is 4.17. The second kappa shape index (κ2) is 11.1. The van der Waals surface area contributed by atoms with E-state index in [9.17, 15) is 14.0 Å². The van der Waals surface area contributed by atoms with Gasteiger partial charge in [0, 0.05) is 51.6 Å². The van der Waals surface area contributed by atoms with Gasteiger partial charge >= 0.3 is 0 Å². The lowest BCUT2D eigenvalue weighted by molar-refractivity contribution is -0.136. The first-order valence-corrected chi connectivity index (χ1v) is 11.0. The number of methoxy groups -OCH3 is 1. The van der Waals surface area contributed by atoms with Crippen LogP contribution in [0.1, 0.15) is 36.8 Å². The Labute approximate surface area is 189 Å². The SMILES string of the molecule is COCC(=O)N(Cc1cccc(F)c1)Cc1cc(NC(=O)C2CCCC2)ccc1N(C)C. The summed E-state index contributed by atoms with van der Waals surface area (Å²) in [6.45, 7) is 0.496. The normalized spacial score (nSPS) is 13.8. The second-order valence-electron chi connectivity index (χ2n) is 8.52. The number of carbonyl (C=O) groups is 2. The number of hydrogen-bond acceptors (Lipinski definition) is 4. The van der Waals surface area contributed by atoms with Crippen molar-refractivity contribution in [2.45, 2.75) is 38.8 Å². The fraction of sp³-hybridized carbons (Fsp3) is 0.440. The molecule has 0 radical (unpaired) electrons. The Kier molecular flexibility index (Phi) is 8.22. The number of nitrogens with zero attached hydrogens (tertiary/aromatic N) is 2. The molecule has 0 unspecified atom stereocenters. The van der Waals surface area contributed by atoms with Crippen molar-refractivity contribution in [3.05, 3.63) is 59.4 Å². The average Bonchev–Trinajstić information content (AvgIpc) is 3.28. The number of rotatable bonds is 9. The van der Waals surface area contributed by atoms with Crippen LogP contribution in [0.2, 0.25) is 0 Å². The van der Waals surface area contributed by atoms with Gasteiger partial charge in [0.1, 0.15) is 12.4 Å². The van der Waals surface area contributed by atoms with E-state index in [4.69, 9.17) is 4.74 Å². The summed E-state index contributed by atoms with van der Waals surface area (Å²) in [5, 5.41) is 3.04. The summed E-state index contributed by atoms with van der Waals surface area (Å²) in [6, 6.07) is 12.0. The maximum absolute atomic E-state index is 13.7. The predicted octanol–water partition coefficient (Wildman–Crippen LogP) is 4.20. The molecule has 0 aliphatic heterocycles. The number of benzene rings is 2. The Bertz CT molecular complexity index is 942. The highest BCUT2D eigenvalue weighted by molar-refractivity contribution is 5.93. The molecule has 1 aliphatic carbocycles. The number of halogens is 1. The van der Waals surface area contributed by atoms with Crippen LogP contribution >= 0.6 is 0 Å². The van der Waals surface area contributed by atoms with E-state index < -0.39 is 0 Å². The van der Waals surface area contributed by atoms with Crippen LogP contribution in [-0.2, 0) is 27.4 Å². The van der Waals surface area contributed by atoms with Crippen LogP contribution in [-0.4, -0.2) is 44.5 Å². The molecular weight excluding hydrogens is 409 g/mol. The Morgan fingerprint density at radius 3 is 2.50 bits per heavy atom. The van der Waals surface area contributed by atoms with Gasteiger partial charge in [-0.1, -0.05) is 25.0 Å². The van der Waals surface area contributed by atoms with Crippen LogP contribution in [0.15, 0.2) is 42.5 Å². The number of amides is 2. The minimum atomic E-state index is -0.341. The molecule has 1 N–H and O–H groups in total. The lowest BCUT2D eigenvalue weighted by Gasteiger charge is -2.26. The molecule has 2 aromatic rings. The molecule has 1 saturated carbocycles. The number of ether oxygens (including phenoxy) is 1. The third-order valence-electron chi connectivity index (χ3n) is 5.80. The number of hydrogen-bond donors (Lipinski definition) is 1. The van der Waals surface area contributed by atoms with Crippen molar-refractivity contribution in [1.29, 1.82) is 0 Å². The first-order chi connectivity index (χ1) is 15.4. The van der Waals surface area contributed by atoms with E-state index in [1.807, 2.05) is 37.2 Å². The quantitative estimate of drug-likeness (QED) is 0.634. The van der Waals surface area contributed by atoms with Gasteiger partial charge in [0.05, 0.1) is 0 Å². The fourth-order valence-corrected chi connectivity index (χ4v) is 4.17. The lowest BCUT2D eigenvalue weighted by Crippen LogP contribution is -2.33. The van der Waals surface area contributed by atoms with Crippen LogP contribution < -0.4 is 10.2 Å². The van der Waals surface area contributed by atoms with Crippen LogP contribution in [0.25, 0.3) is 0 Å². The van der Waals surface area contributed by atoms with Crippen molar-refractivity contribution in [3.63, 3.8) is 0 Å². The third-order valence-corrected chi connectivity index (χ3v) is 5.80. The van der Waals surface area contributed by atoms with E-state index in [1.165, 1.54) is 19.2 Å². The Balaban J connectivity index is 1.85. The van der Waals surface area contributed by atoms with Gasteiger partial charge in [0.15, 0.2) is 0 Å². The zero-order chi connectivity index (χ0) is 23.1. The van der Waals surface area contributed by atoms with Gasteiger partial charge in [-0.05, 0) is 54.3 Å². The largest absolute Gasteiger partial charge is 0.377 e. The van der Waals surface area contributed by atoms with Crippen molar-refractivity contribution in [2.24, 2.45) is 5.92 Å². The third kappa shape index (κ3) is 6.29. The van der Waals surface area contributed by atoms with Crippen LogP contribution in [0, 0.1) is 11.7 Å². The molecule has 2 amide bonds. The molecule has 6 nitrogen and oxygen atoms in total. The van der Waals surface area contributed by atoms with Crippen molar-refractivity contribution in [3.8, 4) is 0 Å². The summed E-state index contributed by atoms with van der Waals surface area (Å²) in [6.07, 6.45) is 4.06. The second-order valence-corrected chi connectivity index (χ2v) is 8.52. The molecule has 172 valence electrons. The first-order valence-electron chi connectivity index (χ1n) is 11.0. The average molecular weight is 442 g/mol. The predicted molar refractivity (Wildman–Crippen MR) is 124 cm³/mol. The molecule has 7 heteroatoms. The van der Waals surface area contributed by atoms with Crippen molar-refractivity contribution >= 4 is 23.2 Å². The minimum Gasteiger partial charge on any atom is -0.377 e. The maximum atomic E-state index is 13.7. The molecule has 0 aromatic heterocycles. The van der Waals surface area contributed by atoms with Crippen molar-refractivity contribution in [2.75, 3.05) is 38.0 Å². The number of anilines is 2. The summed E-state index contributed by atoms with van der Waals surface area (Å²) in [5.74, 6) is -0.410. The monoisotopic (exact) mass is 441 g/mol. The molecule has 0 atom stereocenters. The summed E-state index contributed by atoms with van der Waals surface area (Å²) in [4.78, 5) is 29.0. The molecule has 2 aromatic carbocycles. The summed E-state index contributed by atoms with van der Waals surface area (Å²) in [5.41, 5.74) is 3.25. The highest BCUT2D eigenvalue weighted by Gasteiger charge is 2.23. The van der Waals surface area contributed by atoms with Gasteiger partial charge in [0.2, 0.25) is 11.8 Å². The van der Waals surface area contributed by atoms with Crippen molar-refractivity contribution in [1.82, 2.24) is 4.90 Å². The van der Waals surface area contributed by atoms with Crippen molar-refractivity contribution < 1.29 is 18.7 Å². The molecule has 3 rings (SSSR count). The molecule has 0 heterocycles. The van der Waals surface area contributed by atoms with Gasteiger partial charge in [0.25, 0.3) is 0 Å². The van der Waals surface area contributed by atoms with Crippen LogP contribution in [0.3, 0.4) is 0 Å². The van der Waals surface area contributed by atoms with Gasteiger partial charge < -0.3 is 19.9 Å². The standard InChI is InChI=1S/C25H32FN3O3/c1-28(2)23-12-11-22(27-25(31)19-8-4-5-9-19)14-20(23)16-29(24(30)17-32-3)15-18-7-6-10-21(26)13-18/h6-7,10-14,19H,4-5,8-9,15-17H2,1-3H3,(H,27,31). The highest BCUT2D eigenvalue weighted by atomic mass is 19.1. The minimum absolute atomic E-state index is 0.0538. The topological polar surface area (TPSA) is 61.9 Å². The molecular formula is C25H32FN3O3. The first kappa shape index (κ1) is 23.7. The number of nitrogens with one attached hydrogen (secondary N) is 1. The maximum Gasteiger partial charge on any atom is 0.249 e. The zero-order valence-electron chi connectivity index (χ0n) is 19.1. The van der Waals surface area contributed by atoms with E-state index in [0.717, 1.165) is 36.9 Å². The highest BCUT2D eigenvalue weighted by Crippen LogP contribution is 2.28. The van der Waals surface area contributed by atoms with Gasteiger partial charge in [-0.3, -0.25) is 9.59 Å². The number of carbonyl (C=O) groups excluding carboxylic acids is 2. The van der Waals surface area contributed by atoms with E-state index in [2.05, 4.69) is 5.32 Å².